The molecule has 0 aliphatic carbocycles. The van der Waals surface area contributed by atoms with Gasteiger partial charge in [-0.05, 0) is 51.2 Å². The summed E-state index contributed by atoms with van der Waals surface area (Å²) in [6, 6.07) is 9.58. The number of anilines is 1. The Morgan fingerprint density at radius 2 is 1.88 bits per heavy atom. The molecule has 1 saturated heterocycles. The van der Waals surface area contributed by atoms with Crippen molar-refractivity contribution < 1.29 is 9.59 Å². The van der Waals surface area contributed by atoms with Crippen molar-refractivity contribution in [3.8, 4) is 0 Å². The lowest BCUT2D eigenvalue weighted by molar-refractivity contribution is -0.129. The largest absolute Gasteiger partial charge is 0.337 e. The molecule has 128 valence electrons. The summed E-state index contributed by atoms with van der Waals surface area (Å²) in [6.45, 7) is 2.01. The van der Waals surface area contributed by atoms with E-state index in [1.54, 1.807) is 6.08 Å². The Balaban J connectivity index is 1.70. The first-order chi connectivity index (χ1) is 11.6. The zero-order valence-corrected chi connectivity index (χ0v) is 14.2. The predicted molar refractivity (Wildman–Crippen MR) is 93.1 cm³/mol. The highest BCUT2D eigenvalue weighted by atomic mass is 16.2. The molecule has 0 atom stereocenters. The monoisotopic (exact) mass is 328 g/mol. The van der Waals surface area contributed by atoms with E-state index in [0.29, 0.717) is 5.70 Å². The third-order valence-corrected chi connectivity index (χ3v) is 4.76. The molecule has 0 spiro atoms. The van der Waals surface area contributed by atoms with Crippen LogP contribution in [0.5, 0.6) is 0 Å². The third kappa shape index (κ3) is 3.43. The fourth-order valence-corrected chi connectivity index (χ4v) is 3.17. The van der Waals surface area contributed by atoms with Crippen molar-refractivity contribution in [2.24, 2.45) is 0 Å². The number of likely N-dealkylation sites (N-methyl/N-ethyl adjacent to an activating group) is 1. The summed E-state index contributed by atoms with van der Waals surface area (Å²) < 4.78 is 0. The molecule has 1 aromatic rings. The van der Waals surface area contributed by atoms with Crippen LogP contribution >= 0.6 is 0 Å². The Morgan fingerprint density at radius 1 is 1.21 bits per heavy atom. The van der Waals surface area contributed by atoms with Crippen LogP contribution < -0.4 is 10.4 Å². The van der Waals surface area contributed by atoms with Crippen LogP contribution in [0, 0.1) is 0 Å². The molecule has 0 radical (unpaired) electrons. The van der Waals surface area contributed by atoms with Crippen LogP contribution in [-0.2, 0) is 9.59 Å². The van der Waals surface area contributed by atoms with E-state index in [2.05, 4.69) is 17.4 Å². The zero-order chi connectivity index (χ0) is 17.1. The van der Waals surface area contributed by atoms with Gasteiger partial charge in [-0.25, -0.2) is 5.01 Å². The number of nitrogens with zero attached hydrogens (tertiary/aromatic N) is 3. The van der Waals surface area contributed by atoms with Crippen LogP contribution in [0.15, 0.2) is 42.1 Å². The van der Waals surface area contributed by atoms with Crippen LogP contribution in [-0.4, -0.2) is 54.8 Å². The lowest BCUT2D eigenvalue weighted by Gasteiger charge is -2.37. The molecule has 6 nitrogen and oxygen atoms in total. The summed E-state index contributed by atoms with van der Waals surface area (Å²) in [5.41, 5.74) is 4.20. The molecule has 24 heavy (non-hydrogen) atoms. The van der Waals surface area contributed by atoms with Crippen LogP contribution in [0.3, 0.4) is 0 Å². The molecule has 2 heterocycles. The highest BCUT2D eigenvalue weighted by Gasteiger charge is 2.29. The molecule has 2 aliphatic rings. The van der Waals surface area contributed by atoms with Crippen LogP contribution in [0.2, 0.25) is 0 Å². The van der Waals surface area contributed by atoms with Gasteiger partial charge in [0.05, 0.1) is 5.69 Å². The maximum Gasteiger partial charge on any atom is 0.271 e. The average molecular weight is 328 g/mol. The van der Waals surface area contributed by atoms with E-state index in [1.165, 1.54) is 5.01 Å². The molecule has 6 heteroatoms. The second-order valence-electron chi connectivity index (χ2n) is 6.45. The van der Waals surface area contributed by atoms with Gasteiger partial charge < -0.3 is 9.80 Å². The van der Waals surface area contributed by atoms with Crippen molar-refractivity contribution in [3.05, 3.63) is 42.1 Å². The van der Waals surface area contributed by atoms with Crippen molar-refractivity contribution in [2.45, 2.75) is 25.3 Å². The molecule has 0 unspecified atom stereocenters. The zero-order valence-electron chi connectivity index (χ0n) is 14.2. The Kier molecular flexibility index (Phi) is 4.85. The molecule has 0 aromatic heterocycles. The van der Waals surface area contributed by atoms with E-state index < -0.39 is 0 Å². The normalized spacial score (nSPS) is 19.7. The van der Waals surface area contributed by atoms with Gasteiger partial charge in [-0.2, -0.15) is 0 Å². The van der Waals surface area contributed by atoms with Gasteiger partial charge in [-0.15, -0.1) is 0 Å². The second kappa shape index (κ2) is 7.05. The SMILES string of the molecule is CN1CCC(N(C)C(=O)C2=CCC(=O)N(c3ccccc3)N2)CC1. The van der Waals surface area contributed by atoms with E-state index in [9.17, 15) is 9.59 Å². The van der Waals surface area contributed by atoms with Gasteiger partial charge in [-0.1, -0.05) is 18.2 Å². The van der Waals surface area contributed by atoms with Gasteiger partial charge >= 0.3 is 0 Å². The molecule has 2 aliphatic heterocycles. The maximum atomic E-state index is 12.8. The maximum absolute atomic E-state index is 12.8. The van der Waals surface area contributed by atoms with Crippen molar-refractivity contribution in [1.29, 1.82) is 0 Å². The first-order valence-corrected chi connectivity index (χ1v) is 8.37. The number of amides is 2. The summed E-state index contributed by atoms with van der Waals surface area (Å²) >= 11 is 0. The molecule has 3 rings (SSSR count). The number of hydrogen-bond acceptors (Lipinski definition) is 4. The summed E-state index contributed by atoms with van der Waals surface area (Å²) in [5, 5.41) is 1.45. The van der Waals surface area contributed by atoms with Crippen molar-refractivity contribution in [1.82, 2.24) is 15.2 Å². The van der Waals surface area contributed by atoms with Crippen LogP contribution in [0.1, 0.15) is 19.3 Å². The van der Waals surface area contributed by atoms with E-state index in [0.717, 1.165) is 31.6 Å². The van der Waals surface area contributed by atoms with Crippen molar-refractivity contribution >= 4 is 17.5 Å². The summed E-state index contributed by atoms with van der Waals surface area (Å²) in [4.78, 5) is 29.1. The molecular formula is C18H24N4O2. The average Bonchev–Trinajstić information content (AvgIpc) is 2.62. The number of carbonyl (C=O) groups is 2. The Labute approximate surface area is 142 Å². The van der Waals surface area contributed by atoms with Gasteiger partial charge in [0, 0.05) is 19.5 Å². The molecular weight excluding hydrogens is 304 g/mol. The van der Waals surface area contributed by atoms with Gasteiger partial charge in [-0.3, -0.25) is 15.0 Å². The number of carbonyl (C=O) groups excluding carboxylic acids is 2. The fraction of sp³-hybridized carbons (Fsp3) is 0.444. The molecule has 2 amide bonds. The number of nitrogens with one attached hydrogen (secondary N) is 1. The molecule has 1 aromatic carbocycles. The quantitative estimate of drug-likeness (QED) is 0.910. The first-order valence-electron chi connectivity index (χ1n) is 8.37. The highest BCUT2D eigenvalue weighted by molar-refractivity contribution is 6.01. The first kappa shape index (κ1) is 16.5. The minimum Gasteiger partial charge on any atom is -0.337 e. The Bertz CT molecular complexity index is 636. The van der Waals surface area contributed by atoms with Crippen LogP contribution in [0.4, 0.5) is 5.69 Å². The van der Waals surface area contributed by atoms with Gasteiger partial charge in [0.2, 0.25) is 5.91 Å². The van der Waals surface area contributed by atoms with E-state index in [4.69, 9.17) is 0 Å². The van der Waals surface area contributed by atoms with E-state index >= 15 is 0 Å². The summed E-state index contributed by atoms with van der Waals surface area (Å²) in [6.07, 6.45) is 3.88. The van der Waals surface area contributed by atoms with Crippen molar-refractivity contribution in [3.63, 3.8) is 0 Å². The molecule has 1 N–H and O–H groups in total. The third-order valence-electron chi connectivity index (χ3n) is 4.76. The summed E-state index contributed by atoms with van der Waals surface area (Å²) in [5.74, 6) is -0.127. The smallest absolute Gasteiger partial charge is 0.271 e. The topological polar surface area (TPSA) is 55.9 Å². The standard InChI is InChI=1S/C18H24N4O2/c1-20-12-10-14(11-13-20)21(2)18(24)16-8-9-17(23)22(19-16)15-6-4-3-5-7-15/h3-8,14,19H,9-13H2,1-2H3. The number of hydrogen-bond donors (Lipinski definition) is 1. The number of piperidine rings is 1. The highest BCUT2D eigenvalue weighted by Crippen LogP contribution is 2.20. The van der Waals surface area contributed by atoms with Gasteiger partial charge in [0.15, 0.2) is 0 Å². The minimum atomic E-state index is -0.0697. The number of benzene rings is 1. The van der Waals surface area contributed by atoms with E-state index in [-0.39, 0.29) is 24.3 Å². The predicted octanol–water partition coefficient (Wildman–Crippen LogP) is 1.36. The fourth-order valence-electron chi connectivity index (χ4n) is 3.17. The number of hydrazine groups is 1. The number of likely N-dealkylation sites (tertiary alicyclic amines) is 1. The summed E-state index contributed by atoms with van der Waals surface area (Å²) in [7, 11) is 3.96. The lowest BCUT2D eigenvalue weighted by Crippen LogP contribution is -2.51. The minimum absolute atomic E-state index is 0.0574. The second-order valence-corrected chi connectivity index (χ2v) is 6.45. The van der Waals surface area contributed by atoms with Gasteiger partial charge in [0.25, 0.3) is 5.91 Å². The van der Waals surface area contributed by atoms with Crippen LogP contribution in [0.25, 0.3) is 0 Å². The van der Waals surface area contributed by atoms with Crippen molar-refractivity contribution in [2.75, 3.05) is 32.2 Å². The molecule has 0 bridgehead atoms. The lowest BCUT2D eigenvalue weighted by atomic mass is 10.0. The Morgan fingerprint density at radius 3 is 2.54 bits per heavy atom. The van der Waals surface area contributed by atoms with E-state index in [1.807, 2.05) is 42.3 Å². The Hall–Kier alpha value is -2.34. The van der Waals surface area contributed by atoms with Gasteiger partial charge in [0.1, 0.15) is 5.70 Å². The number of para-hydroxylation sites is 1. The number of rotatable bonds is 3. The molecule has 0 saturated carbocycles. The molecule has 1 fully saturated rings.